The van der Waals surface area contributed by atoms with Crippen molar-refractivity contribution in [2.24, 2.45) is 11.8 Å². The van der Waals surface area contributed by atoms with Crippen LogP contribution in [0.3, 0.4) is 0 Å². The van der Waals surface area contributed by atoms with Gasteiger partial charge in [0, 0.05) is 18.1 Å². The van der Waals surface area contributed by atoms with Crippen molar-refractivity contribution in [3.63, 3.8) is 0 Å². The maximum atomic E-state index is 13.0. The number of amides is 1. The van der Waals surface area contributed by atoms with E-state index >= 15 is 0 Å². The van der Waals surface area contributed by atoms with Crippen LogP contribution in [0.1, 0.15) is 38.7 Å². The van der Waals surface area contributed by atoms with E-state index in [4.69, 9.17) is 11.6 Å². The number of carbonyl (C=O) groups is 1. The van der Waals surface area contributed by atoms with Gasteiger partial charge in [-0.2, -0.15) is 0 Å². The Bertz CT molecular complexity index is 513. The predicted octanol–water partition coefficient (Wildman–Crippen LogP) is 3.88. The van der Waals surface area contributed by atoms with Gasteiger partial charge in [0.1, 0.15) is 0 Å². The van der Waals surface area contributed by atoms with E-state index in [1.54, 1.807) is 0 Å². The SMILES string of the molecule is CC1CC(C)CN(C(=O)C2(c3ccccc3Cl)CC2)C1. The number of halogens is 1. The predicted molar refractivity (Wildman–Crippen MR) is 81.9 cm³/mol. The number of benzene rings is 1. The van der Waals surface area contributed by atoms with E-state index < -0.39 is 0 Å². The fraction of sp³-hybridized carbons (Fsp3) is 0.588. The van der Waals surface area contributed by atoms with Crippen molar-refractivity contribution >= 4 is 17.5 Å². The number of carbonyl (C=O) groups excluding carboxylic acids is 1. The van der Waals surface area contributed by atoms with Crippen LogP contribution < -0.4 is 0 Å². The molecule has 20 heavy (non-hydrogen) atoms. The lowest BCUT2D eigenvalue weighted by molar-refractivity contribution is -0.136. The minimum Gasteiger partial charge on any atom is -0.341 e. The molecule has 1 saturated carbocycles. The second kappa shape index (κ2) is 5.07. The topological polar surface area (TPSA) is 20.3 Å². The van der Waals surface area contributed by atoms with Crippen LogP contribution in [0.4, 0.5) is 0 Å². The fourth-order valence-electron chi connectivity index (χ4n) is 3.70. The number of hydrogen-bond acceptors (Lipinski definition) is 1. The first-order valence-corrected chi connectivity index (χ1v) is 7.95. The molecule has 2 aliphatic rings. The third kappa shape index (κ3) is 2.35. The van der Waals surface area contributed by atoms with Gasteiger partial charge in [-0.3, -0.25) is 4.79 Å². The zero-order valence-corrected chi connectivity index (χ0v) is 13.0. The lowest BCUT2D eigenvalue weighted by Gasteiger charge is -2.37. The normalized spacial score (nSPS) is 28.2. The Balaban J connectivity index is 1.85. The smallest absolute Gasteiger partial charge is 0.233 e. The van der Waals surface area contributed by atoms with E-state index in [0.717, 1.165) is 36.5 Å². The van der Waals surface area contributed by atoms with Crippen molar-refractivity contribution in [3.05, 3.63) is 34.9 Å². The highest BCUT2D eigenvalue weighted by Gasteiger charge is 2.54. The minimum absolute atomic E-state index is 0.295. The summed E-state index contributed by atoms with van der Waals surface area (Å²) in [6.07, 6.45) is 3.10. The van der Waals surface area contributed by atoms with Gasteiger partial charge >= 0.3 is 0 Å². The van der Waals surface area contributed by atoms with Crippen molar-refractivity contribution in [2.45, 2.75) is 38.5 Å². The molecular formula is C17H22ClNO. The van der Waals surface area contributed by atoms with Crippen LogP contribution in [0.2, 0.25) is 5.02 Å². The minimum atomic E-state index is -0.324. The highest BCUT2D eigenvalue weighted by Crippen LogP contribution is 2.52. The molecule has 0 radical (unpaired) electrons. The molecule has 1 amide bonds. The highest BCUT2D eigenvalue weighted by atomic mass is 35.5. The van der Waals surface area contributed by atoms with Crippen LogP contribution in [0.25, 0.3) is 0 Å². The molecule has 108 valence electrons. The van der Waals surface area contributed by atoms with Crippen LogP contribution in [0.15, 0.2) is 24.3 Å². The van der Waals surface area contributed by atoms with E-state index in [1.807, 2.05) is 24.3 Å². The quantitative estimate of drug-likeness (QED) is 0.810. The Morgan fingerprint density at radius 3 is 2.35 bits per heavy atom. The van der Waals surface area contributed by atoms with Gasteiger partial charge in [0.2, 0.25) is 5.91 Å². The summed E-state index contributed by atoms with van der Waals surface area (Å²) in [4.78, 5) is 15.1. The number of rotatable bonds is 2. The summed E-state index contributed by atoms with van der Waals surface area (Å²) >= 11 is 6.32. The van der Waals surface area contributed by atoms with Crippen LogP contribution in [-0.4, -0.2) is 23.9 Å². The molecule has 0 bridgehead atoms. The van der Waals surface area contributed by atoms with E-state index in [-0.39, 0.29) is 5.41 Å². The number of likely N-dealkylation sites (tertiary alicyclic amines) is 1. The molecule has 2 atom stereocenters. The average Bonchev–Trinajstić information content (AvgIpc) is 3.18. The second-order valence-corrected chi connectivity index (χ2v) is 7.13. The summed E-state index contributed by atoms with van der Waals surface area (Å²) in [7, 11) is 0. The summed E-state index contributed by atoms with van der Waals surface area (Å²) in [6, 6.07) is 7.82. The molecular weight excluding hydrogens is 270 g/mol. The molecule has 0 N–H and O–H groups in total. The second-order valence-electron chi connectivity index (χ2n) is 6.72. The largest absolute Gasteiger partial charge is 0.341 e. The van der Waals surface area contributed by atoms with Crippen LogP contribution in [0, 0.1) is 11.8 Å². The summed E-state index contributed by atoms with van der Waals surface area (Å²) in [6.45, 7) is 6.28. The molecule has 1 aromatic rings. The molecule has 2 fully saturated rings. The first kappa shape index (κ1) is 13.9. The number of hydrogen-bond donors (Lipinski definition) is 0. The molecule has 2 unspecified atom stereocenters. The van der Waals surface area contributed by atoms with Crippen molar-refractivity contribution in [1.29, 1.82) is 0 Å². The van der Waals surface area contributed by atoms with E-state index in [9.17, 15) is 4.79 Å². The van der Waals surface area contributed by atoms with E-state index in [0.29, 0.717) is 17.7 Å². The average molecular weight is 292 g/mol. The fourth-order valence-corrected chi connectivity index (χ4v) is 4.02. The summed E-state index contributed by atoms with van der Waals surface area (Å²) < 4.78 is 0. The molecule has 0 aromatic heterocycles. The molecule has 1 aliphatic carbocycles. The van der Waals surface area contributed by atoms with Gasteiger partial charge in [-0.15, -0.1) is 0 Å². The molecule has 1 heterocycles. The maximum Gasteiger partial charge on any atom is 0.233 e. The first-order valence-electron chi connectivity index (χ1n) is 7.57. The van der Waals surface area contributed by atoms with Gasteiger partial charge < -0.3 is 4.90 Å². The van der Waals surface area contributed by atoms with Crippen molar-refractivity contribution in [2.75, 3.05) is 13.1 Å². The van der Waals surface area contributed by atoms with Gasteiger partial charge in [-0.1, -0.05) is 43.6 Å². The van der Waals surface area contributed by atoms with Crippen LogP contribution >= 0.6 is 11.6 Å². The monoisotopic (exact) mass is 291 g/mol. The molecule has 0 spiro atoms. The highest BCUT2D eigenvalue weighted by molar-refractivity contribution is 6.31. The number of nitrogens with zero attached hydrogens (tertiary/aromatic N) is 1. The Hall–Kier alpha value is -1.02. The number of piperidine rings is 1. The Labute approximate surface area is 126 Å². The standard InChI is InChI=1S/C17H22ClNO/c1-12-9-13(2)11-19(10-12)16(20)17(7-8-17)14-5-3-4-6-15(14)18/h3-6,12-13H,7-11H2,1-2H3. The maximum absolute atomic E-state index is 13.0. The third-order valence-electron chi connectivity index (χ3n) is 4.70. The Morgan fingerprint density at radius 2 is 1.80 bits per heavy atom. The van der Waals surface area contributed by atoms with Crippen molar-refractivity contribution in [1.82, 2.24) is 4.90 Å². The lowest BCUT2D eigenvalue weighted by atomic mass is 9.88. The van der Waals surface area contributed by atoms with Gasteiger partial charge in [0.25, 0.3) is 0 Å². The van der Waals surface area contributed by atoms with E-state index in [1.165, 1.54) is 6.42 Å². The molecule has 1 saturated heterocycles. The first-order chi connectivity index (χ1) is 9.53. The third-order valence-corrected chi connectivity index (χ3v) is 5.03. The van der Waals surface area contributed by atoms with Crippen LogP contribution in [-0.2, 0) is 10.2 Å². The molecule has 1 aromatic carbocycles. The summed E-state index contributed by atoms with van der Waals surface area (Å²) in [5.74, 6) is 1.50. The summed E-state index contributed by atoms with van der Waals surface area (Å²) in [5.41, 5.74) is 0.701. The Morgan fingerprint density at radius 1 is 1.20 bits per heavy atom. The van der Waals surface area contributed by atoms with Gasteiger partial charge in [-0.05, 0) is 42.7 Å². The van der Waals surface area contributed by atoms with Gasteiger partial charge in [-0.25, -0.2) is 0 Å². The van der Waals surface area contributed by atoms with Crippen molar-refractivity contribution < 1.29 is 4.79 Å². The Kier molecular flexibility index (Phi) is 3.53. The van der Waals surface area contributed by atoms with Gasteiger partial charge in [0.05, 0.1) is 5.41 Å². The van der Waals surface area contributed by atoms with E-state index in [2.05, 4.69) is 18.7 Å². The molecule has 3 rings (SSSR count). The molecule has 1 aliphatic heterocycles. The zero-order valence-electron chi connectivity index (χ0n) is 12.2. The van der Waals surface area contributed by atoms with Crippen molar-refractivity contribution in [3.8, 4) is 0 Å². The lowest BCUT2D eigenvalue weighted by Crippen LogP contribution is -2.47. The molecule has 3 heteroatoms. The summed E-state index contributed by atoms with van der Waals surface area (Å²) in [5, 5.41) is 0.733. The molecule has 2 nitrogen and oxygen atoms in total. The van der Waals surface area contributed by atoms with Crippen LogP contribution in [0.5, 0.6) is 0 Å². The zero-order chi connectivity index (χ0) is 14.3. The van der Waals surface area contributed by atoms with Gasteiger partial charge in [0.15, 0.2) is 0 Å².